The van der Waals surface area contributed by atoms with Gasteiger partial charge in [-0.25, -0.2) is 0 Å². The molecule has 0 spiro atoms. The molecule has 0 aliphatic carbocycles. The van der Waals surface area contributed by atoms with Gasteiger partial charge in [0.1, 0.15) is 0 Å². The standard InChI is InChI=1S/C11H12BrN3O/c1-6-8(4-3-5-9(6)12)11-15-14-10(16-11)7(2)13/h3-5,7H,13H2,1-2H3. The number of aromatic nitrogens is 2. The van der Waals surface area contributed by atoms with E-state index in [2.05, 4.69) is 26.1 Å². The second-order valence-corrected chi connectivity index (χ2v) is 4.50. The zero-order chi connectivity index (χ0) is 11.7. The first kappa shape index (κ1) is 11.3. The summed E-state index contributed by atoms with van der Waals surface area (Å²) in [5, 5.41) is 7.90. The molecule has 0 bridgehead atoms. The smallest absolute Gasteiger partial charge is 0.248 e. The van der Waals surface area contributed by atoms with Crippen LogP contribution in [0.25, 0.3) is 11.5 Å². The van der Waals surface area contributed by atoms with E-state index in [9.17, 15) is 0 Å². The predicted molar refractivity (Wildman–Crippen MR) is 64.8 cm³/mol. The Kier molecular flexibility index (Phi) is 3.07. The van der Waals surface area contributed by atoms with E-state index in [1.807, 2.05) is 32.0 Å². The third kappa shape index (κ3) is 2.01. The number of rotatable bonds is 2. The molecular weight excluding hydrogens is 270 g/mol. The zero-order valence-electron chi connectivity index (χ0n) is 9.07. The van der Waals surface area contributed by atoms with Crippen molar-refractivity contribution in [1.29, 1.82) is 0 Å². The van der Waals surface area contributed by atoms with Crippen molar-refractivity contribution in [2.75, 3.05) is 0 Å². The van der Waals surface area contributed by atoms with Gasteiger partial charge in [-0.1, -0.05) is 22.0 Å². The van der Waals surface area contributed by atoms with Crippen molar-refractivity contribution < 1.29 is 4.42 Å². The quantitative estimate of drug-likeness (QED) is 0.919. The van der Waals surface area contributed by atoms with Gasteiger partial charge in [0.25, 0.3) is 0 Å². The Hall–Kier alpha value is -1.20. The summed E-state index contributed by atoms with van der Waals surface area (Å²) in [5.74, 6) is 0.959. The predicted octanol–water partition coefficient (Wildman–Crippen LogP) is 2.83. The summed E-state index contributed by atoms with van der Waals surface area (Å²) >= 11 is 3.46. The molecule has 1 heterocycles. The molecule has 0 radical (unpaired) electrons. The maximum absolute atomic E-state index is 5.67. The third-order valence-electron chi connectivity index (χ3n) is 2.33. The second kappa shape index (κ2) is 4.35. The fourth-order valence-electron chi connectivity index (χ4n) is 1.37. The van der Waals surface area contributed by atoms with Gasteiger partial charge in [-0.3, -0.25) is 0 Å². The summed E-state index contributed by atoms with van der Waals surface area (Å²) in [6.07, 6.45) is 0. The largest absolute Gasteiger partial charge is 0.419 e. The van der Waals surface area contributed by atoms with Crippen LogP contribution in [0.2, 0.25) is 0 Å². The number of benzene rings is 1. The Bertz CT molecular complexity index is 508. The number of hydrogen-bond donors (Lipinski definition) is 1. The molecule has 5 heteroatoms. The number of nitrogens with zero attached hydrogens (tertiary/aromatic N) is 2. The molecule has 84 valence electrons. The number of halogens is 1. The van der Waals surface area contributed by atoms with E-state index in [1.165, 1.54) is 0 Å². The highest BCUT2D eigenvalue weighted by atomic mass is 79.9. The van der Waals surface area contributed by atoms with E-state index >= 15 is 0 Å². The topological polar surface area (TPSA) is 64.9 Å². The van der Waals surface area contributed by atoms with Crippen molar-refractivity contribution in [3.63, 3.8) is 0 Å². The summed E-state index contributed by atoms with van der Waals surface area (Å²) in [7, 11) is 0. The van der Waals surface area contributed by atoms with Gasteiger partial charge in [0.15, 0.2) is 0 Å². The van der Waals surface area contributed by atoms with Crippen molar-refractivity contribution in [3.8, 4) is 11.5 Å². The lowest BCUT2D eigenvalue weighted by Crippen LogP contribution is -2.04. The van der Waals surface area contributed by atoms with E-state index in [0.717, 1.165) is 15.6 Å². The molecule has 1 aromatic heterocycles. The molecule has 1 unspecified atom stereocenters. The van der Waals surface area contributed by atoms with Crippen LogP contribution in [0.4, 0.5) is 0 Å². The highest BCUT2D eigenvalue weighted by Gasteiger charge is 2.13. The van der Waals surface area contributed by atoms with Gasteiger partial charge in [-0.2, -0.15) is 0 Å². The average molecular weight is 282 g/mol. The van der Waals surface area contributed by atoms with Crippen LogP contribution in [0, 0.1) is 6.92 Å². The molecule has 0 aliphatic rings. The summed E-state index contributed by atoms with van der Waals surface area (Å²) in [4.78, 5) is 0. The summed E-state index contributed by atoms with van der Waals surface area (Å²) in [5.41, 5.74) is 7.66. The lowest BCUT2D eigenvalue weighted by molar-refractivity contribution is 0.473. The number of nitrogens with two attached hydrogens (primary N) is 1. The minimum atomic E-state index is -0.242. The van der Waals surface area contributed by atoms with E-state index in [-0.39, 0.29) is 6.04 Å². The SMILES string of the molecule is Cc1c(Br)cccc1-c1nnc(C(C)N)o1. The van der Waals surface area contributed by atoms with Crippen molar-refractivity contribution in [1.82, 2.24) is 10.2 Å². The monoisotopic (exact) mass is 281 g/mol. The van der Waals surface area contributed by atoms with E-state index in [4.69, 9.17) is 10.2 Å². The normalized spacial score (nSPS) is 12.8. The van der Waals surface area contributed by atoms with Gasteiger partial charge in [-0.05, 0) is 31.5 Å². The van der Waals surface area contributed by atoms with Gasteiger partial charge in [0.05, 0.1) is 6.04 Å². The number of hydrogen-bond acceptors (Lipinski definition) is 4. The van der Waals surface area contributed by atoms with Crippen LogP contribution < -0.4 is 5.73 Å². The highest BCUT2D eigenvalue weighted by molar-refractivity contribution is 9.10. The Morgan fingerprint density at radius 2 is 2.12 bits per heavy atom. The average Bonchev–Trinajstić information content (AvgIpc) is 2.71. The van der Waals surface area contributed by atoms with Gasteiger partial charge < -0.3 is 10.2 Å². The van der Waals surface area contributed by atoms with E-state index in [0.29, 0.717) is 11.8 Å². The van der Waals surface area contributed by atoms with Crippen LogP contribution in [-0.4, -0.2) is 10.2 Å². The minimum absolute atomic E-state index is 0.242. The first-order chi connectivity index (χ1) is 7.59. The first-order valence-corrected chi connectivity index (χ1v) is 5.73. The maximum Gasteiger partial charge on any atom is 0.248 e. The van der Waals surface area contributed by atoms with Crippen molar-refractivity contribution in [3.05, 3.63) is 34.1 Å². The van der Waals surface area contributed by atoms with Gasteiger partial charge >= 0.3 is 0 Å². The Morgan fingerprint density at radius 1 is 1.38 bits per heavy atom. The zero-order valence-corrected chi connectivity index (χ0v) is 10.7. The second-order valence-electron chi connectivity index (χ2n) is 3.65. The first-order valence-electron chi connectivity index (χ1n) is 4.94. The molecular formula is C11H12BrN3O. The summed E-state index contributed by atoms with van der Waals surface area (Å²) in [6.45, 7) is 3.81. The lowest BCUT2D eigenvalue weighted by Gasteiger charge is -2.02. The molecule has 4 nitrogen and oxygen atoms in total. The molecule has 2 aromatic rings. The van der Waals surface area contributed by atoms with Crippen LogP contribution in [0.5, 0.6) is 0 Å². The summed E-state index contributed by atoms with van der Waals surface area (Å²) in [6, 6.07) is 5.61. The molecule has 0 saturated carbocycles. The third-order valence-corrected chi connectivity index (χ3v) is 3.19. The Morgan fingerprint density at radius 3 is 2.75 bits per heavy atom. The Balaban J connectivity index is 2.47. The molecule has 0 fully saturated rings. The molecule has 2 N–H and O–H groups in total. The fourth-order valence-corrected chi connectivity index (χ4v) is 1.73. The van der Waals surface area contributed by atoms with Gasteiger partial charge in [-0.15, -0.1) is 10.2 Å². The van der Waals surface area contributed by atoms with Crippen LogP contribution in [0.1, 0.15) is 24.4 Å². The van der Waals surface area contributed by atoms with Crippen molar-refractivity contribution in [2.24, 2.45) is 5.73 Å². The van der Waals surface area contributed by atoms with Gasteiger partial charge in [0.2, 0.25) is 11.8 Å². The van der Waals surface area contributed by atoms with Crippen LogP contribution >= 0.6 is 15.9 Å². The fraction of sp³-hybridized carbons (Fsp3) is 0.273. The van der Waals surface area contributed by atoms with Crippen LogP contribution in [-0.2, 0) is 0 Å². The van der Waals surface area contributed by atoms with Crippen LogP contribution in [0.15, 0.2) is 27.1 Å². The van der Waals surface area contributed by atoms with Crippen LogP contribution in [0.3, 0.4) is 0 Å². The highest BCUT2D eigenvalue weighted by Crippen LogP contribution is 2.28. The molecule has 0 amide bonds. The van der Waals surface area contributed by atoms with Crippen molar-refractivity contribution in [2.45, 2.75) is 19.9 Å². The molecule has 16 heavy (non-hydrogen) atoms. The van der Waals surface area contributed by atoms with E-state index in [1.54, 1.807) is 0 Å². The molecule has 2 rings (SSSR count). The van der Waals surface area contributed by atoms with Gasteiger partial charge in [0, 0.05) is 10.0 Å². The summed E-state index contributed by atoms with van der Waals surface area (Å²) < 4.78 is 6.52. The Labute approximate surface area is 102 Å². The minimum Gasteiger partial charge on any atom is -0.419 e. The molecule has 0 aliphatic heterocycles. The van der Waals surface area contributed by atoms with Crippen molar-refractivity contribution >= 4 is 15.9 Å². The maximum atomic E-state index is 5.67. The lowest BCUT2D eigenvalue weighted by atomic mass is 10.1. The van der Waals surface area contributed by atoms with E-state index < -0.39 is 0 Å². The molecule has 0 saturated heterocycles. The molecule has 1 atom stereocenters. The molecule has 1 aromatic carbocycles.